The molecular weight excluding hydrogens is 310 g/mol. The molecule has 0 saturated heterocycles. The molecule has 0 fully saturated rings. The molecule has 0 aromatic heterocycles. The van der Waals surface area contributed by atoms with Gasteiger partial charge in [0.25, 0.3) is 5.69 Å². The lowest BCUT2D eigenvalue weighted by Crippen LogP contribution is -2.26. The molecule has 0 heterocycles. The Morgan fingerprint density at radius 1 is 1.21 bits per heavy atom. The van der Waals surface area contributed by atoms with Crippen molar-refractivity contribution in [2.24, 2.45) is 0 Å². The average molecular weight is 335 g/mol. The van der Waals surface area contributed by atoms with Crippen molar-refractivity contribution in [3.05, 3.63) is 37.4 Å². The van der Waals surface area contributed by atoms with Gasteiger partial charge in [0.1, 0.15) is 0 Å². The predicted molar refractivity (Wildman–Crippen MR) is 93.7 cm³/mol. The van der Waals surface area contributed by atoms with Crippen molar-refractivity contribution in [1.29, 1.82) is 0 Å². The van der Waals surface area contributed by atoms with Crippen LogP contribution in [-0.4, -0.2) is 15.9 Å². The SMILES string of the molecule is CCC(CC)Nc1c([N+](=O)[O-])cc2c(c1[N+](=O)[O-])CCCC2(C)C. The Labute approximate surface area is 141 Å². The second kappa shape index (κ2) is 6.75. The topological polar surface area (TPSA) is 98.3 Å². The van der Waals surface area contributed by atoms with E-state index in [1.807, 2.05) is 27.7 Å². The van der Waals surface area contributed by atoms with Crippen LogP contribution in [0.2, 0.25) is 0 Å². The normalized spacial score (nSPS) is 15.9. The second-order valence-corrected chi connectivity index (χ2v) is 7.05. The lowest BCUT2D eigenvalue weighted by atomic mass is 9.72. The molecule has 7 nitrogen and oxygen atoms in total. The molecule has 0 spiro atoms. The van der Waals surface area contributed by atoms with Crippen LogP contribution in [0.3, 0.4) is 0 Å². The van der Waals surface area contributed by atoms with Crippen LogP contribution in [0.15, 0.2) is 6.07 Å². The van der Waals surface area contributed by atoms with Gasteiger partial charge in [-0.3, -0.25) is 20.2 Å². The van der Waals surface area contributed by atoms with E-state index in [1.165, 1.54) is 0 Å². The number of fused-ring (bicyclic) bond motifs is 1. The number of nitrogens with zero attached hydrogens (tertiary/aromatic N) is 2. The number of hydrogen-bond acceptors (Lipinski definition) is 5. The minimum atomic E-state index is -0.511. The summed E-state index contributed by atoms with van der Waals surface area (Å²) in [6, 6.07) is 1.52. The standard InChI is InChI=1S/C17H25N3O4/c1-5-11(6-2)18-15-14(19(21)22)10-13-12(16(15)20(23)24)8-7-9-17(13,3)4/h10-11,18H,5-9H2,1-4H3. The summed E-state index contributed by atoms with van der Waals surface area (Å²) in [7, 11) is 0. The maximum Gasteiger partial charge on any atom is 0.302 e. The molecule has 0 aliphatic heterocycles. The van der Waals surface area contributed by atoms with Crippen molar-refractivity contribution in [3.8, 4) is 0 Å². The third kappa shape index (κ3) is 3.20. The highest BCUT2D eigenvalue weighted by molar-refractivity contribution is 5.79. The Morgan fingerprint density at radius 2 is 1.83 bits per heavy atom. The van der Waals surface area contributed by atoms with Crippen LogP contribution in [0.1, 0.15) is 64.5 Å². The zero-order valence-corrected chi connectivity index (χ0v) is 14.7. The first-order valence-corrected chi connectivity index (χ1v) is 8.48. The first-order chi connectivity index (χ1) is 11.2. The Hall–Kier alpha value is -2.18. The Balaban J connectivity index is 2.77. The molecule has 0 radical (unpaired) electrons. The summed E-state index contributed by atoms with van der Waals surface area (Å²) in [5, 5.41) is 26.4. The fourth-order valence-electron chi connectivity index (χ4n) is 3.58. The number of benzene rings is 1. The molecule has 1 aliphatic rings. The highest BCUT2D eigenvalue weighted by atomic mass is 16.6. The number of anilines is 1. The molecule has 1 aliphatic carbocycles. The molecule has 7 heteroatoms. The fraction of sp³-hybridized carbons (Fsp3) is 0.647. The van der Waals surface area contributed by atoms with E-state index in [2.05, 4.69) is 5.32 Å². The smallest absolute Gasteiger partial charge is 0.302 e. The minimum absolute atomic E-state index is 0.0305. The molecule has 24 heavy (non-hydrogen) atoms. The van der Waals surface area contributed by atoms with Crippen molar-refractivity contribution in [2.45, 2.75) is 71.3 Å². The molecule has 1 N–H and O–H groups in total. The summed E-state index contributed by atoms with van der Waals surface area (Å²) in [4.78, 5) is 22.4. The fourth-order valence-corrected chi connectivity index (χ4v) is 3.58. The molecule has 2 rings (SSSR count). The Kier molecular flexibility index (Phi) is 5.11. The summed E-state index contributed by atoms with van der Waals surface area (Å²) in [6.07, 6.45) is 3.79. The van der Waals surface area contributed by atoms with E-state index in [-0.39, 0.29) is 28.5 Å². The molecule has 1 aromatic carbocycles. The van der Waals surface area contributed by atoms with Crippen molar-refractivity contribution in [2.75, 3.05) is 5.32 Å². The first-order valence-electron chi connectivity index (χ1n) is 8.48. The summed E-state index contributed by atoms with van der Waals surface area (Å²) >= 11 is 0. The molecular formula is C17H25N3O4. The van der Waals surface area contributed by atoms with Gasteiger partial charge in [0, 0.05) is 17.7 Å². The molecule has 132 valence electrons. The average Bonchev–Trinajstić information content (AvgIpc) is 2.50. The minimum Gasteiger partial charge on any atom is -0.371 e. The Morgan fingerprint density at radius 3 is 2.33 bits per heavy atom. The van der Waals surface area contributed by atoms with E-state index in [1.54, 1.807) is 6.07 Å². The van der Waals surface area contributed by atoms with Crippen LogP contribution in [0.4, 0.5) is 17.1 Å². The van der Waals surface area contributed by atoms with E-state index < -0.39 is 9.85 Å². The largest absolute Gasteiger partial charge is 0.371 e. The van der Waals surface area contributed by atoms with Crippen molar-refractivity contribution < 1.29 is 9.85 Å². The summed E-state index contributed by atoms with van der Waals surface area (Å²) in [5.41, 5.74) is 0.852. The van der Waals surface area contributed by atoms with Crippen LogP contribution in [0, 0.1) is 20.2 Å². The van der Waals surface area contributed by atoms with Gasteiger partial charge in [-0.25, -0.2) is 0 Å². The van der Waals surface area contributed by atoms with Gasteiger partial charge in [0.2, 0.25) is 0 Å². The second-order valence-electron chi connectivity index (χ2n) is 7.05. The van der Waals surface area contributed by atoms with Crippen molar-refractivity contribution in [3.63, 3.8) is 0 Å². The first kappa shape index (κ1) is 18.2. The van der Waals surface area contributed by atoms with Crippen LogP contribution in [0.5, 0.6) is 0 Å². The van der Waals surface area contributed by atoms with Gasteiger partial charge < -0.3 is 5.32 Å². The lowest BCUT2D eigenvalue weighted by Gasteiger charge is -2.32. The lowest BCUT2D eigenvalue weighted by molar-refractivity contribution is -0.393. The van der Waals surface area contributed by atoms with Crippen LogP contribution in [0.25, 0.3) is 0 Å². The van der Waals surface area contributed by atoms with Gasteiger partial charge in [-0.15, -0.1) is 0 Å². The van der Waals surface area contributed by atoms with E-state index in [0.29, 0.717) is 12.0 Å². The van der Waals surface area contributed by atoms with Gasteiger partial charge in [-0.05, 0) is 43.1 Å². The quantitative estimate of drug-likeness (QED) is 0.599. The van der Waals surface area contributed by atoms with Crippen LogP contribution in [-0.2, 0) is 11.8 Å². The van der Waals surface area contributed by atoms with Crippen molar-refractivity contribution >= 4 is 17.1 Å². The predicted octanol–water partition coefficient (Wildman–Crippen LogP) is 4.72. The summed E-state index contributed by atoms with van der Waals surface area (Å²) in [5.74, 6) is 0. The number of nitro benzene ring substituents is 2. The summed E-state index contributed by atoms with van der Waals surface area (Å²) < 4.78 is 0. The number of rotatable bonds is 6. The van der Waals surface area contributed by atoms with Crippen molar-refractivity contribution in [1.82, 2.24) is 0 Å². The van der Waals surface area contributed by atoms with Gasteiger partial charge in [-0.2, -0.15) is 0 Å². The van der Waals surface area contributed by atoms with Crippen LogP contribution < -0.4 is 5.32 Å². The van der Waals surface area contributed by atoms with Gasteiger partial charge in [0.15, 0.2) is 5.69 Å². The number of nitrogens with one attached hydrogen (secondary N) is 1. The third-order valence-electron chi connectivity index (χ3n) is 5.06. The van der Waals surface area contributed by atoms with E-state index in [9.17, 15) is 20.2 Å². The van der Waals surface area contributed by atoms with Gasteiger partial charge in [-0.1, -0.05) is 27.7 Å². The van der Waals surface area contributed by atoms with Gasteiger partial charge in [0.05, 0.1) is 9.85 Å². The third-order valence-corrected chi connectivity index (χ3v) is 5.06. The maximum absolute atomic E-state index is 11.8. The molecule has 0 unspecified atom stereocenters. The van der Waals surface area contributed by atoms with Gasteiger partial charge >= 0.3 is 5.69 Å². The number of hydrogen-bond donors (Lipinski definition) is 1. The van der Waals surface area contributed by atoms with E-state index >= 15 is 0 Å². The molecule has 1 aromatic rings. The van der Waals surface area contributed by atoms with Crippen LogP contribution >= 0.6 is 0 Å². The molecule has 0 bridgehead atoms. The number of nitro groups is 2. The van der Waals surface area contributed by atoms with E-state index in [4.69, 9.17) is 0 Å². The zero-order valence-electron chi connectivity index (χ0n) is 14.7. The molecule has 0 atom stereocenters. The highest BCUT2D eigenvalue weighted by Gasteiger charge is 2.39. The van der Waals surface area contributed by atoms with E-state index in [0.717, 1.165) is 31.2 Å². The highest BCUT2D eigenvalue weighted by Crippen LogP contribution is 2.47. The molecule has 0 saturated carbocycles. The summed E-state index contributed by atoms with van der Waals surface area (Å²) in [6.45, 7) is 7.90. The zero-order chi connectivity index (χ0) is 18.1. The monoisotopic (exact) mass is 335 g/mol. The maximum atomic E-state index is 11.8. The Bertz CT molecular complexity index is 666. The molecule has 0 amide bonds.